The van der Waals surface area contributed by atoms with Crippen molar-refractivity contribution in [3.63, 3.8) is 0 Å². The van der Waals surface area contributed by atoms with Gasteiger partial charge in [-0.25, -0.2) is 18.4 Å². The van der Waals surface area contributed by atoms with E-state index in [1.54, 1.807) is 13.8 Å². The number of anilines is 1. The van der Waals surface area contributed by atoms with Crippen molar-refractivity contribution >= 4 is 39.1 Å². The van der Waals surface area contributed by atoms with Crippen molar-refractivity contribution in [2.75, 3.05) is 5.32 Å². The van der Waals surface area contributed by atoms with Crippen LogP contribution in [0.25, 0.3) is 0 Å². The van der Waals surface area contributed by atoms with Crippen LogP contribution in [0.3, 0.4) is 0 Å². The number of ether oxygens (including phenoxy) is 1. The molecular formula is C13H15N3O6S2. The Hall–Kier alpha value is -2.24. The van der Waals surface area contributed by atoms with E-state index >= 15 is 0 Å². The first kappa shape index (κ1) is 18.1. The Morgan fingerprint density at radius 2 is 2.17 bits per heavy atom. The number of nitrogens with one attached hydrogen (secondary N) is 1. The molecule has 3 N–H and O–H groups in total. The molecule has 0 aliphatic heterocycles. The fourth-order valence-corrected chi connectivity index (χ4v) is 3.30. The zero-order valence-corrected chi connectivity index (χ0v) is 14.4. The van der Waals surface area contributed by atoms with Gasteiger partial charge >= 0.3 is 5.97 Å². The highest BCUT2D eigenvalue weighted by Gasteiger charge is 2.24. The van der Waals surface area contributed by atoms with Gasteiger partial charge in [-0.1, -0.05) is 12.1 Å². The minimum atomic E-state index is -3.89. The van der Waals surface area contributed by atoms with E-state index in [1.807, 2.05) is 0 Å². The van der Waals surface area contributed by atoms with Gasteiger partial charge in [-0.2, -0.15) is 0 Å². The lowest BCUT2D eigenvalue weighted by Gasteiger charge is -2.14. The molecular weight excluding hydrogens is 358 g/mol. The third kappa shape index (κ3) is 4.40. The summed E-state index contributed by atoms with van der Waals surface area (Å²) in [5.74, 6) is -0.663. The van der Waals surface area contributed by atoms with Crippen molar-refractivity contribution < 1.29 is 27.3 Å². The number of rotatable bonds is 6. The van der Waals surface area contributed by atoms with E-state index in [-0.39, 0.29) is 22.0 Å². The number of carbonyl (C=O) groups is 2. The summed E-state index contributed by atoms with van der Waals surface area (Å²) in [6.07, 6.45) is -0.840. The molecule has 24 heavy (non-hydrogen) atoms. The van der Waals surface area contributed by atoms with Crippen LogP contribution < -0.4 is 10.5 Å². The third-order valence-electron chi connectivity index (χ3n) is 2.88. The number of hydrogen-bond acceptors (Lipinski definition) is 8. The first-order valence-corrected chi connectivity index (χ1v) is 9.19. The molecule has 1 unspecified atom stereocenters. The molecule has 0 spiro atoms. The van der Waals surface area contributed by atoms with Crippen molar-refractivity contribution in [3.05, 3.63) is 28.8 Å². The van der Waals surface area contributed by atoms with Gasteiger partial charge in [-0.3, -0.25) is 4.79 Å². The molecule has 0 bridgehead atoms. The summed E-state index contributed by atoms with van der Waals surface area (Å²) < 4.78 is 32.2. The molecule has 11 heteroatoms. The molecule has 0 aliphatic carbocycles. The van der Waals surface area contributed by atoms with Crippen LogP contribution in [-0.2, 0) is 19.6 Å². The van der Waals surface area contributed by atoms with Gasteiger partial charge in [-0.05, 0) is 19.4 Å². The number of sulfonamides is 1. The SMILES string of the molecule is CCC(OC(=O)c1csc(S(N)(=O)=O)c1)C(=O)Nc1cc(C)on1. The maximum Gasteiger partial charge on any atom is 0.339 e. The van der Waals surface area contributed by atoms with Gasteiger partial charge in [-0.15, -0.1) is 11.3 Å². The van der Waals surface area contributed by atoms with Crippen LogP contribution in [0, 0.1) is 6.92 Å². The maximum atomic E-state index is 12.1. The summed E-state index contributed by atoms with van der Waals surface area (Å²) in [4.78, 5) is 24.2. The zero-order valence-electron chi connectivity index (χ0n) is 12.8. The van der Waals surface area contributed by atoms with Gasteiger partial charge in [0.1, 0.15) is 9.97 Å². The lowest BCUT2D eigenvalue weighted by molar-refractivity contribution is -0.124. The van der Waals surface area contributed by atoms with Gasteiger partial charge in [0, 0.05) is 11.4 Å². The van der Waals surface area contributed by atoms with Gasteiger partial charge < -0.3 is 14.6 Å². The van der Waals surface area contributed by atoms with Crippen LogP contribution in [-0.4, -0.2) is 31.6 Å². The number of primary sulfonamides is 1. The Morgan fingerprint density at radius 1 is 1.46 bits per heavy atom. The van der Waals surface area contributed by atoms with Crippen LogP contribution >= 0.6 is 11.3 Å². The highest BCUT2D eigenvalue weighted by atomic mass is 32.2. The number of hydrogen-bond donors (Lipinski definition) is 2. The number of amides is 1. The molecule has 0 saturated heterocycles. The van der Waals surface area contributed by atoms with Crippen molar-refractivity contribution in [2.24, 2.45) is 5.14 Å². The number of carbonyl (C=O) groups excluding carboxylic acids is 2. The maximum absolute atomic E-state index is 12.1. The quantitative estimate of drug-likeness (QED) is 0.726. The molecule has 2 aromatic rings. The monoisotopic (exact) mass is 373 g/mol. The Balaban J connectivity index is 2.05. The van der Waals surface area contributed by atoms with Gasteiger partial charge in [0.2, 0.25) is 10.0 Å². The smallest absolute Gasteiger partial charge is 0.339 e. The van der Waals surface area contributed by atoms with Gasteiger partial charge in [0.05, 0.1) is 5.56 Å². The molecule has 0 aromatic carbocycles. The molecule has 1 amide bonds. The number of aryl methyl sites for hydroxylation is 1. The summed E-state index contributed by atoms with van der Waals surface area (Å²) in [6, 6.07) is 2.62. The fraction of sp³-hybridized carbons (Fsp3) is 0.308. The molecule has 2 aromatic heterocycles. The molecule has 0 radical (unpaired) electrons. The third-order valence-corrected chi connectivity index (χ3v) is 5.27. The summed E-state index contributed by atoms with van der Waals surface area (Å²) >= 11 is 0.797. The fourth-order valence-electron chi connectivity index (χ4n) is 1.72. The predicted molar refractivity (Wildman–Crippen MR) is 85.1 cm³/mol. The number of aromatic nitrogens is 1. The Bertz CT molecular complexity index is 855. The second kappa shape index (κ2) is 7.11. The van der Waals surface area contributed by atoms with E-state index in [2.05, 4.69) is 10.5 Å². The van der Waals surface area contributed by atoms with Crippen molar-refractivity contribution in [2.45, 2.75) is 30.6 Å². The Morgan fingerprint density at radius 3 is 2.67 bits per heavy atom. The van der Waals surface area contributed by atoms with Crippen LogP contribution in [0.5, 0.6) is 0 Å². The Kier molecular flexibility index (Phi) is 5.36. The number of nitrogens with zero attached hydrogens (tertiary/aromatic N) is 1. The molecule has 2 rings (SSSR count). The normalized spacial score (nSPS) is 12.6. The van der Waals surface area contributed by atoms with E-state index in [0.717, 1.165) is 17.4 Å². The minimum Gasteiger partial charge on any atom is -0.449 e. The van der Waals surface area contributed by atoms with Crippen LogP contribution in [0.1, 0.15) is 29.5 Å². The van der Waals surface area contributed by atoms with Crippen LogP contribution in [0.15, 0.2) is 26.2 Å². The average Bonchev–Trinajstić information content (AvgIpc) is 3.13. The molecule has 1 atom stereocenters. The lowest BCUT2D eigenvalue weighted by Crippen LogP contribution is -2.32. The second-order valence-electron chi connectivity index (χ2n) is 4.81. The van der Waals surface area contributed by atoms with E-state index < -0.39 is 28.0 Å². The standard InChI is InChI=1S/C13H15N3O6S2/c1-3-9(12(17)15-10-4-7(2)22-16-10)21-13(18)8-5-11(23-6-8)24(14,19)20/h4-6,9H,3H2,1-2H3,(H2,14,19,20)(H,15,16,17). The van der Waals surface area contributed by atoms with Crippen LogP contribution in [0.2, 0.25) is 0 Å². The molecule has 2 heterocycles. The highest BCUT2D eigenvalue weighted by Crippen LogP contribution is 2.20. The topological polar surface area (TPSA) is 142 Å². The van der Waals surface area contributed by atoms with Crippen LogP contribution in [0.4, 0.5) is 5.82 Å². The lowest BCUT2D eigenvalue weighted by atomic mass is 10.2. The van der Waals surface area contributed by atoms with E-state index in [0.29, 0.717) is 5.76 Å². The van der Waals surface area contributed by atoms with Crippen molar-refractivity contribution in [1.82, 2.24) is 5.16 Å². The molecule has 0 fully saturated rings. The molecule has 0 saturated carbocycles. The van der Waals surface area contributed by atoms with Gasteiger partial charge in [0.25, 0.3) is 5.91 Å². The first-order chi connectivity index (χ1) is 11.2. The molecule has 9 nitrogen and oxygen atoms in total. The molecule has 130 valence electrons. The number of thiophene rings is 1. The van der Waals surface area contributed by atoms with E-state index in [9.17, 15) is 18.0 Å². The van der Waals surface area contributed by atoms with E-state index in [1.165, 1.54) is 11.4 Å². The summed E-state index contributed by atoms with van der Waals surface area (Å²) in [7, 11) is -3.89. The van der Waals surface area contributed by atoms with Gasteiger partial charge in [0.15, 0.2) is 11.9 Å². The number of esters is 1. The highest BCUT2D eigenvalue weighted by molar-refractivity contribution is 7.91. The number of nitrogens with two attached hydrogens (primary N) is 1. The molecule has 0 aliphatic rings. The average molecular weight is 373 g/mol. The van der Waals surface area contributed by atoms with Crippen molar-refractivity contribution in [3.8, 4) is 0 Å². The summed E-state index contributed by atoms with van der Waals surface area (Å²) in [5.41, 5.74) is 0.00700. The van der Waals surface area contributed by atoms with E-state index in [4.69, 9.17) is 14.4 Å². The summed E-state index contributed by atoms with van der Waals surface area (Å²) in [5, 5.41) is 12.4. The van der Waals surface area contributed by atoms with Crippen molar-refractivity contribution in [1.29, 1.82) is 0 Å². The Labute approximate surface area is 141 Å². The first-order valence-electron chi connectivity index (χ1n) is 6.77. The summed E-state index contributed by atoms with van der Waals surface area (Å²) in [6.45, 7) is 3.33. The second-order valence-corrected chi connectivity index (χ2v) is 7.51. The zero-order chi connectivity index (χ0) is 17.9. The minimum absolute atomic E-state index is 0.00700. The largest absolute Gasteiger partial charge is 0.449 e. The predicted octanol–water partition coefficient (Wildman–Crippen LogP) is 1.27.